The smallest absolute Gasteiger partial charge is 0.326 e. The minimum absolute atomic E-state index is 0.0437. The fraction of sp³-hybridized carbons (Fsp3) is 0.600. The third-order valence-electron chi connectivity index (χ3n) is 2.93. The van der Waals surface area contributed by atoms with E-state index in [0.29, 0.717) is 18.9 Å². The Morgan fingerprint density at radius 1 is 1.69 bits per heavy atom. The summed E-state index contributed by atoms with van der Waals surface area (Å²) in [6, 6.07) is -0.550. The molecule has 6 heteroatoms. The summed E-state index contributed by atoms with van der Waals surface area (Å²) in [5.41, 5.74) is 0. The molecular weight excluding hydrogens is 210 g/mol. The van der Waals surface area contributed by atoms with E-state index in [2.05, 4.69) is 4.98 Å². The van der Waals surface area contributed by atoms with Crippen LogP contribution in [-0.4, -0.2) is 46.4 Å². The van der Waals surface area contributed by atoms with Gasteiger partial charge in [-0.05, 0) is 0 Å². The van der Waals surface area contributed by atoms with Gasteiger partial charge in [0.15, 0.2) is 0 Å². The number of aliphatic carboxylic acids is 1. The van der Waals surface area contributed by atoms with E-state index in [1.807, 2.05) is 11.6 Å². The first-order valence-corrected chi connectivity index (χ1v) is 5.13. The molecule has 0 aromatic carbocycles. The number of methoxy groups -OCH3 is 1. The molecular formula is C10H15N3O3. The molecule has 6 nitrogen and oxygen atoms in total. The number of aromatic nitrogens is 2. The molecule has 0 spiro atoms. The van der Waals surface area contributed by atoms with Crippen molar-refractivity contribution >= 4 is 11.9 Å². The minimum Gasteiger partial charge on any atom is -0.480 e. The highest BCUT2D eigenvalue weighted by molar-refractivity contribution is 5.78. The summed E-state index contributed by atoms with van der Waals surface area (Å²) in [5.74, 6) is -0.158. The van der Waals surface area contributed by atoms with Crippen LogP contribution in [0.5, 0.6) is 0 Å². The second-order valence-electron chi connectivity index (χ2n) is 3.94. The topological polar surface area (TPSA) is 67.6 Å². The summed E-state index contributed by atoms with van der Waals surface area (Å²) in [7, 11) is 3.45. The van der Waals surface area contributed by atoms with Gasteiger partial charge in [0.1, 0.15) is 6.04 Å². The molecule has 0 saturated carbocycles. The number of hydrogen-bond acceptors (Lipinski definition) is 4. The monoisotopic (exact) mass is 225 g/mol. The lowest BCUT2D eigenvalue weighted by Crippen LogP contribution is -2.37. The maximum Gasteiger partial charge on any atom is 0.326 e. The third kappa shape index (κ3) is 1.76. The molecule has 1 aliphatic rings. The lowest BCUT2D eigenvalue weighted by Gasteiger charge is -2.21. The second-order valence-corrected chi connectivity index (χ2v) is 3.94. The number of imidazole rings is 1. The molecule has 1 fully saturated rings. The number of anilines is 1. The largest absolute Gasteiger partial charge is 0.480 e. The molecule has 1 saturated heterocycles. The van der Waals surface area contributed by atoms with Crippen LogP contribution in [0.2, 0.25) is 0 Å². The fourth-order valence-electron chi connectivity index (χ4n) is 2.06. The number of carboxylic acid groups (broad SMARTS) is 1. The van der Waals surface area contributed by atoms with Crippen molar-refractivity contribution in [1.82, 2.24) is 9.55 Å². The van der Waals surface area contributed by atoms with Gasteiger partial charge in [-0.25, -0.2) is 9.78 Å². The highest BCUT2D eigenvalue weighted by atomic mass is 16.5. The van der Waals surface area contributed by atoms with Crippen molar-refractivity contribution in [2.45, 2.75) is 18.6 Å². The molecule has 88 valence electrons. The van der Waals surface area contributed by atoms with Crippen LogP contribution in [0.1, 0.15) is 6.42 Å². The Kier molecular flexibility index (Phi) is 2.82. The first-order valence-electron chi connectivity index (χ1n) is 5.13. The number of ether oxygens (including phenoxy) is 1. The minimum atomic E-state index is -0.831. The number of carbonyl (C=O) groups is 1. The van der Waals surface area contributed by atoms with Gasteiger partial charge in [0.05, 0.1) is 6.10 Å². The van der Waals surface area contributed by atoms with Crippen LogP contribution in [0.4, 0.5) is 5.95 Å². The highest BCUT2D eigenvalue weighted by Gasteiger charge is 2.38. The number of carboxylic acids is 1. The van der Waals surface area contributed by atoms with E-state index in [-0.39, 0.29) is 6.10 Å². The van der Waals surface area contributed by atoms with Crippen molar-refractivity contribution in [1.29, 1.82) is 0 Å². The van der Waals surface area contributed by atoms with Crippen LogP contribution in [0.15, 0.2) is 12.4 Å². The van der Waals surface area contributed by atoms with Crippen molar-refractivity contribution in [3.05, 3.63) is 12.4 Å². The van der Waals surface area contributed by atoms with Crippen LogP contribution in [-0.2, 0) is 16.6 Å². The van der Waals surface area contributed by atoms with E-state index in [4.69, 9.17) is 9.84 Å². The molecule has 2 rings (SSSR count). The van der Waals surface area contributed by atoms with Gasteiger partial charge < -0.3 is 19.3 Å². The van der Waals surface area contributed by atoms with Crippen LogP contribution >= 0.6 is 0 Å². The molecule has 1 N–H and O–H groups in total. The van der Waals surface area contributed by atoms with E-state index in [9.17, 15) is 4.79 Å². The zero-order chi connectivity index (χ0) is 11.7. The first kappa shape index (κ1) is 10.9. The van der Waals surface area contributed by atoms with Gasteiger partial charge in [0.2, 0.25) is 5.95 Å². The molecule has 16 heavy (non-hydrogen) atoms. The summed E-state index contributed by atoms with van der Waals surface area (Å²) in [4.78, 5) is 17.1. The van der Waals surface area contributed by atoms with Crippen LogP contribution in [0.25, 0.3) is 0 Å². The summed E-state index contributed by atoms with van der Waals surface area (Å²) >= 11 is 0. The number of hydrogen-bond donors (Lipinski definition) is 1. The Morgan fingerprint density at radius 3 is 2.94 bits per heavy atom. The molecule has 1 aromatic rings. The Balaban J connectivity index is 2.25. The third-order valence-corrected chi connectivity index (χ3v) is 2.93. The van der Waals surface area contributed by atoms with E-state index in [0.717, 1.165) is 0 Å². The average Bonchev–Trinajstić information content (AvgIpc) is 2.82. The summed E-state index contributed by atoms with van der Waals surface area (Å²) < 4.78 is 7.03. The van der Waals surface area contributed by atoms with E-state index in [1.165, 1.54) is 0 Å². The molecule has 2 heterocycles. The summed E-state index contributed by atoms with van der Waals surface area (Å²) in [6.45, 7) is 0.568. The Morgan fingerprint density at radius 2 is 2.44 bits per heavy atom. The van der Waals surface area contributed by atoms with Crippen molar-refractivity contribution in [2.75, 3.05) is 18.6 Å². The van der Waals surface area contributed by atoms with Gasteiger partial charge in [-0.1, -0.05) is 0 Å². The van der Waals surface area contributed by atoms with Crippen molar-refractivity contribution in [3.8, 4) is 0 Å². The second kappa shape index (κ2) is 4.13. The molecule has 0 amide bonds. The van der Waals surface area contributed by atoms with Crippen LogP contribution in [0.3, 0.4) is 0 Å². The predicted molar refractivity (Wildman–Crippen MR) is 57.4 cm³/mol. The SMILES string of the molecule is COC1CC(C(=O)O)N(c2nccn2C)C1. The van der Waals surface area contributed by atoms with E-state index >= 15 is 0 Å². The lowest BCUT2D eigenvalue weighted by molar-refractivity contribution is -0.138. The Labute approximate surface area is 93.4 Å². The summed E-state index contributed by atoms with van der Waals surface area (Å²) in [5, 5.41) is 9.15. The molecule has 0 aliphatic carbocycles. The highest BCUT2D eigenvalue weighted by Crippen LogP contribution is 2.25. The Bertz CT molecular complexity index is 390. The average molecular weight is 225 g/mol. The van der Waals surface area contributed by atoms with Gasteiger partial charge in [0, 0.05) is 39.5 Å². The van der Waals surface area contributed by atoms with Gasteiger partial charge in [-0.2, -0.15) is 0 Å². The molecule has 0 bridgehead atoms. The molecule has 1 aromatic heterocycles. The standard InChI is InChI=1S/C10H15N3O3/c1-12-4-3-11-10(12)13-6-7(16-2)5-8(13)9(14)15/h3-4,7-8H,5-6H2,1-2H3,(H,14,15). The van der Waals surface area contributed by atoms with Gasteiger partial charge >= 0.3 is 5.97 Å². The van der Waals surface area contributed by atoms with Crippen LogP contribution < -0.4 is 4.90 Å². The first-order chi connectivity index (χ1) is 7.63. The zero-order valence-corrected chi connectivity index (χ0v) is 9.33. The van der Waals surface area contributed by atoms with Gasteiger partial charge in [-0.3, -0.25) is 0 Å². The normalized spacial score (nSPS) is 25.0. The quantitative estimate of drug-likeness (QED) is 0.790. The summed E-state index contributed by atoms with van der Waals surface area (Å²) in [6.07, 6.45) is 3.92. The molecule has 0 radical (unpaired) electrons. The number of aryl methyl sites for hydroxylation is 1. The van der Waals surface area contributed by atoms with E-state index in [1.54, 1.807) is 24.4 Å². The van der Waals surface area contributed by atoms with Crippen molar-refractivity contribution in [3.63, 3.8) is 0 Å². The molecule has 2 atom stereocenters. The number of rotatable bonds is 3. The molecule has 2 unspecified atom stereocenters. The maximum atomic E-state index is 11.1. The fourth-order valence-corrected chi connectivity index (χ4v) is 2.06. The lowest BCUT2D eigenvalue weighted by atomic mass is 10.2. The predicted octanol–water partition coefficient (Wildman–Crippen LogP) is 0.0984. The van der Waals surface area contributed by atoms with Crippen molar-refractivity contribution < 1.29 is 14.6 Å². The zero-order valence-electron chi connectivity index (χ0n) is 9.33. The van der Waals surface area contributed by atoms with Crippen LogP contribution in [0, 0.1) is 0 Å². The van der Waals surface area contributed by atoms with Gasteiger partial charge in [-0.15, -0.1) is 0 Å². The Hall–Kier alpha value is -1.56. The van der Waals surface area contributed by atoms with Gasteiger partial charge in [0.25, 0.3) is 0 Å². The number of nitrogens with zero attached hydrogens (tertiary/aromatic N) is 3. The van der Waals surface area contributed by atoms with E-state index < -0.39 is 12.0 Å². The molecule has 1 aliphatic heterocycles. The van der Waals surface area contributed by atoms with Crippen molar-refractivity contribution in [2.24, 2.45) is 7.05 Å². The maximum absolute atomic E-state index is 11.1.